The average molecular weight is 300 g/mol. The van der Waals surface area contributed by atoms with Gasteiger partial charge in [0.2, 0.25) is 5.88 Å². The summed E-state index contributed by atoms with van der Waals surface area (Å²) in [7, 11) is 2.89. The maximum absolute atomic E-state index is 13.1. The lowest BCUT2D eigenvalue weighted by atomic mass is 10.00. The molecule has 2 rings (SSSR count). The summed E-state index contributed by atoms with van der Waals surface area (Å²) in [6, 6.07) is 5.74. The number of nitrogens with zero attached hydrogens (tertiary/aromatic N) is 1. The number of methoxy groups -OCH3 is 2. The number of rotatable bonds is 4. The molecule has 0 unspecified atom stereocenters. The Balaban J connectivity index is 2.68. The standard InChI is InChI=1S/C14H12ClF2NO2/c1-19-12-7-18-13(20-2)6-11(12)10-5-8(15)3-4-9(10)14(16)17/h3-7,14H,1-2H3. The first-order chi connectivity index (χ1) is 9.56. The Hall–Kier alpha value is -1.88. The van der Waals surface area contributed by atoms with E-state index in [-0.39, 0.29) is 5.56 Å². The molecule has 0 amide bonds. The van der Waals surface area contributed by atoms with Crippen molar-refractivity contribution in [3.8, 4) is 22.8 Å². The summed E-state index contributed by atoms with van der Waals surface area (Å²) in [5.41, 5.74) is 0.628. The van der Waals surface area contributed by atoms with Crippen LogP contribution in [0.2, 0.25) is 5.02 Å². The normalized spacial score (nSPS) is 10.7. The average Bonchev–Trinajstić information content (AvgIpc) is 2.46. The van der Waals surface area contributed by atoms with Crippen LogP contribution in [0.4, 0.5) is 8.78 Å². The van der Waals surface area contributed by atoms with Crippen LogP contribution in [0.25, 0.3) is 11.1 Å². The first-order valence-electron chi connectivity index (χ1n) is 5.72. The Kier molecular flexibility index (Phi) is 4.39. The van der Waals surface area contributed by atoms with Crippen LogP contribution in [0.15, 0.2) is 30.5 Å². The molecule has 0 N–H and O–H groups in total. The molecule has 3 nitrogen and oxygen atoms in total. The van der Waals surface area contributed by atoms with Crippen molar-refractivity contribution in [2.45, 2.75) is 6.43 Å². The Labute approximate surface area is 120 Å². The van der Waals surface area contributed by atoms with Crippen LogP contribution < -0.4 is 9.47 Å². The Morgan fingerprint density at radius 3 is 2.45 bits per heavy atom. The van der Waals surface area contributed by atoms with E-state index in [1.165, 1.54) is 44.7 Å². The molecule has 0 spiro atoms. The van der Waals surface area contributed by atoms with Gasteiger partial charge in [-0.15, -0.1) is 0 Å². The molecule has 0 saturated heterocycles. The zero-order valence-electron chi connectivity index (χ0n) is 10.9. The molecule has 0 bridgehead atoms. The molecular weight excluding hydrogens is 288 g/mol. The van der Waals surface area contributed by atoms with Crippen molar-refractivity contribution in [1.29, 1.82) is 0 Å². The van der Waals surface area contributed by atoms with Gasteiger partial charge in [0.05, 0.1) is 20.4 Å². The zero-order valence-corrected chi connectivity index (χ0v) is 11.6. The van der Waals surface area contributed by atoms with Crippen LogP contribution in [0.3, 0.4) is 0 Å². The van der Waals surface area contributed by atoms with Gasteiger partial charge in [-0.05, 0) is 17.7 Å². The van der Waals surface area contributed by atoms with Gasteiger partial charge in [-0.2, -0.15) is 0 Å². The van der Waals surface area contributed by atoms with E-state index >= 15 is 0 Å². The fourth-order valence-corrected chi connectivity index (χ4v) is 2.03. The Morgan fingerprint density at radius 2 is 1.85 bits per heavy atom. The summed E-state index contributed by atoms with van der Waals surface area (Å²) >= 11 is 5.91. The number of benzene rings is 1. The first-order valence-corrected chi connectivity index (χ1v) is 6.10. The monoisotopic (exact) mass is 299 g/mol. The number of hydrogen-bond donors (Lipinski definition) is 0. The Bertz CT molecular complexity index is 620. The van der Waals surface area contributed by atoms with Gasteiger partial charge in [0.15, 0.2) is 0 Å². The maximum atomic E-state index is 13.1. The first kappa shape index (κ1) is 14.5. The van der Waals surface area contributed by atoms with E-state index < -0.39 is 6.43 Å². The third-order valence-electron chi connectivity index (χ3n) is 2.81. The van der Waals surface area contributed by atoms with Gasteiger partial charge < -0.3 is 9.47 Å². The minimum absolute atomic E-state index is 0.124. The fourth-order valence-electron chi connectivity index (χ4n) is 1.86. The number of halogens is 3. The van der Waals surface area contributed by atoms with Crippen molar-refractivity contribution < 1.29 is 18.3 Å². The van der Waals surface area contributed by atoms with E-state index in [2.05, 4.69) is 4.98 Å². The van der Waals surface area contributed by atoms with Crippen molar-refractivity contribution in [2.24, 2.45) is 0 Å². The molecule has 0 aliphatic carbocycles. The summed E-state index contributed by atoms with van der Waals surface area (Å²) in [5, 5.41) is 0.363. The third kappa shape index (κ3) is 2.82. The number of pyridine rings is 1. The molecule has 2 aromatic rings. The van der Waals surface area contributed by atoms with E-state index in [1.54, 1.807) is 0 Å². The molecule has 106 valence electrons. The summed E-state index contributed by atoms with van der Waals surface area (Å²) in [6.07, 6.45) is -1.20. The SMILES string of the molecule is COc1cc(-c2cc(Cl)ccc2C(F)F)c(OC)cn1. The maximum Gasteiger partial charge on any atom is 0.264 e. The van der Waals surface area contributed by atoms with Crippen LogP contribution in [0.5, 0.6) is 11.6 Å². The van der Waals surface area contributed by atoms with Crippen molar-refractivity contribution in [2.75, 3.05) is 14.2 Å². The zero-order chi connectivity index (χ0) is 14.7. The van der Waals surface area contributed by atoms with E-state index in [9.17, 15) is 8.78 Å². The lowest BCUT2D eigenvalue weighted by Crippen LogP contribution is -1.96. The quantitative estimate of drug-likeness (QED) is 0.840. The topological polar surface area (TPSA) is 31.4 Å². The van der Waals surface area contributed by atoms with Crippen molar-refractivity contribution in [3.63, 3.8) is 0 Å². The smallest absolute Gasteiger partial charge is 0.264 e. The fraction of sp³-hybridized carbons (Fsp3) is 0.214. The van der Waals surface area contributed by atoms with E-state index in [1.807, 2.05) is 0 Å². The minimum atomic E-state index is -2.62. The molecule has 1 aromatic carbocycles. The molecule has 1 aromatic heterocycles. The molecule has 1 heterocycles. The van der Waals surface area contributed by atoms with Gasteiger partial charge in [-0.1, -0.05) is 17.7 Å². The molecule has 0 saturated carbocycles. The molecule has 0 aliphatic heterocycles. The van der Waals surface area contributed by atoms with Crippen LogP contribution in [-0.4, -0.2) is 19.2 Å². The predicted octanol–water partition coefficient (Wildman–Crippen LogP) is 4.36. The van der Waals surface area contributed by atoms with Crippen molar-refractivity contribution in [3.05, 3.63) is 41.0 Å². The largest absolute Gasteiger partial charge is 0.494 e. The van der Waals surface area contributed by atoms with Crippen LogP contribution in [0.1, 0.15) is 12.0 Å². The second-order valence-electron chi connectivity index (χ2n) is 3.96. The minimum Gasteiger partial charge on any atom is -0.494 e. The van der Waals surface area contributed by atoms with Gasteiger partial charge in [-0.25, -0.2) is 13.8 Å². The molecule has 6 heteroatoms. The second-order valence-corrected chi connectivity index (χ2v) is 4.40. The van der Waals surface area contributed by atoms with Gasteiger partial charge in [-0.3, -0.25) is 0 Å². The summed E-state index contributed by atoms with van der Waals surface area (Å²) in [5.74, 6) is 0.677. The van der Waals surface area contributed by atoms with Gasteiger partial charge in [0.1, 0.15) is 5.75 Å². The lowest BCUT2D eigenvalue weighted by Gasteiger charge is -2.14. The third-order valence-corrected chi connectivity index (χ3v) is 3.05. The number of aromatic nitrogens is 1. The highest BCUT2D eigenvalue weighted by molar-refractivity contribution is 6.30. The van der Waals surface area contributed by atoms with Gasteiger partial charge in [0.25, 0.3) is 6.43 Å². The highest BCUT2D eigenvalue weighted by atomic mass is 35.5. The Morgan fingerprint density at radius 1 is 1.10 bits per heavy atom. The number of alkyl halides is 2. The van der Waals surface area contributed by atoms with E-state index in [4.69, 9.17) is 21.1 Å². The predicted molar refractivity (Wildman–Crippen MR) is 72.7 cm³/mol. The number of ether oxygens (including phenoxy) is 2. The molecule has 0 radical (unpaired) electrons. The van der Waals surface area contributed by atoms with Crippen molar-refractivity contribution in [1.82, 2.24) is 4.98 Å². The summed E-state index contributed by atoms with van der Waals surface area (Å²) in [4.78, 5) is 3.98. The molecule has 20 heavy (non-hydrogen) atoms. The van der Waals surface area contributed by atoms with Gasteiger partial charge in [0, 0.05) is 22.2 Å². The highest BCUT2D eigenvalue weighted by Crippen LogP contribution is 2.38. The van der Waals surface area contributed by atoms with Crippen molar-refractivity contribution >= 4 is 11.6 Å². The highest BCUT2D eigenvalue weighted by Gasteiger charge is 2.18. The van der Waals surface area contributed by atoms with Crippen LogP contribution in [0, 0.1) is 0 Å². The molecule has 0 aliphatic rings. The van der Waals surface area contributed by atoms with Gasteiger partial charge >= 0.3 is 0 Å². The lowest BCUT2D eigenvalue weighted by molar-refractivity contribution is 0.152. The van der Waals surface area contributed by atoms with E-state index in [0.29, 0.717) is 27.8 Å². The summed E-state index contributed by atoms with van der Waals surface area (Å²) < 4.78 is 36.5. The van der Waals surface area contributed by atoms with Crippen LogP contribution in [-0.2, 0) is 0 Å². The summed E-state index contributed by atoms with van der Waals surface area (Å²) in [6.45, 7) is 0. The molecule has 0 atom stereocenters. The number of hydrogen-bond acceptors (Lipinski definition) is 3. The second kappa shape index (κ2) is 6.05. The van der Waals surface area contributed by atoms with E-state index in [0.717, 1.165) is 0 Å². The molecular formula is C14H12ClF2NO2. The van der Waals surface area contributed by atoms with Crippen LogP contribution >= 0.6 is 11.6 Å². The molecule has 0 fully saturated rings.